The number of nitro groups is 1. The van der Waals surface area contributed by atoms with Crippen molar-refractivity contribution < 1.29 is 14.5 Å². The van der Waals surface area contributed by atoms with E-state index in [1.54, 1.807) is 36.0 Å². The quantitative estimate of drug-likeness (QED) is 0.139. The number of imide groups is 1. The molecule has 9 nitrogen and oxygen atoms in total. The highest BCUT2D eigenvalue weighted by atomic mass is 16.6. The molecule has 9 heteroatoms. The molecule has 1 aliphatic heterocycles. The molecular formula is C28H25N5O4. The van der Waals surface area contributed by atoms with E-state index in [0.29, 0.717) is 28.9 Å². The molecule has 0 aliphatic carbocycles. The number of carbonyl (C=O) groups excluding carboxylic acids is 2. The maximum atomic E-state index is 13.4. The maximum Gasteiger partial charge on any atom is 0.271 e. The third-order valence-electron chi connectivity index (χ3n) is 6.23. The molecule has 0 atom stereocenters. The Bertz CT molecular complexity index is 1460. The number of aromatic nitrogens is 2. The summed E-state index contributed by atoms with van der Waals surface area (Å²) in [6.07, 6.45) is 5.83. The zero-order valence-electron chi connectivity index (χ0n) is 20.5. The smallest absolute Gasteiger partial charge is 0.271 e. The molecule has 2 amide bonds. The highest BCUT2D eigenvalue weighted by molar-refractivity contribution is 6.19. The summed E-state index contributed by atoms with van der Waals surface area (Å²) in [4.78, 5) is 38.0. The molecule has 0 N–H and O–H groups in total. The fraction of sp³-hybridized carbons (Fsp3) is 0.214. The van der Waals surface area contributed by atoms with Gasteiger partial charge in [-0.15, -0.1) is 0 Å². The molecule has 0 radical (unpaired) electrons. The van der Waals surface area contributed by atoms with Crippen molar-refractivity contribution in [3.8, 4) is 23.0 Å². The van der Waals surface area contributed by atoms with Crippen LogP contribution in [0.2, 0.25) is 0 Å². The van der Waals surface area contributed by atoms with Crippen LogP contribution < -0.4 is 0 Å². The predicted molar refractivity (Wildman–Crippen MR) is 138 cm³/mol. The first-order valence-corrected chi connectivity index (χ1v) is 11.9. The summed E-state index contributed by atoms with van der Waals surface area (Å²) in [6.45, 7) is 3.88. The number of nitriles is 1. The standard InChI is InChI=1S/C28H25N5O4/c1-3-4-8-15-31-27(34)24(19(2)25(17-29)28(31)35)16-21-18-32(22-11-13-23(14-12-22)33(36)37)30-26(21)20-9-6-5-7-10-20/h5-7,9-14,16,18H,3-4,8,15H2,1-2H3/b24-16+. The molecule has 0 unspecified atom stereocenters. The van der Waals surface area contributed by atoms with E-state index in [0.717, 1.165) is 23.3 Å². The van der Waals surface area contributed by atoms with Gasteiger partial charge in [0.05, 0.1) is 16.3 Å². The molecule has 1 aliphatic rings. The first-order valence-electron chi connectivity index (χ1n) is 11.9. The molecule has 0 spiro atoms. The Morgan fingerprint density at radius 2 is 1.76 bits per heavy atom. The number of amides is 2. The second kappa shape index (κ2) is 10.8. The van der Waals surface area contributed by atoms with Crippen molar-refractivity contribution in [1.29, 1.82) is 5.26 Å². The van der Waals surface area contributed by atoms with Gasteiger partial charge in [-0.25, -0.2) is 4.68 Å². The van der Waals surface area contributed by atoms with Crippen LogP contribution in [-0.2, 0) is 9.59 Å². The number of hydrogen-bond acceptors (Lipinski definition) is 6. The number of hydrogen-bond donors (Lipinski definition) is 0. The summed E-state index contributed by atoms with van der Waals surface area (Å²) in [5, 5.41) is 25.4. The van der Waals surface area contributed by atoms with E-state index in [1.165, 1.54) is 12.1 Å². The first kappa shape index (κ1) is 25.3. The normalized spacial score (nSPS) is 14.8. The Balaban J connectivity index is 1.84. The molecule has 0 saturated carbocycles. The fourth-order valence-electron chi connectivity index (χ4n) is 4.18. The third-order valence-corrected chi connectivity index (χ3v) is 6.23. The van der Waals surface area contributed by atoms with Gasteiger partial charge in [-0.2, -0.15) is 10.4 Å². The van der Waals surface area contributed by atoms with Crippen LogP contribution in [-0.4, -0.2) is 38.0 Å². The summed E-state index contributed by atoms with van der Waals surface area (Å²) < 4.78 is 1.58. The second-order valence-electron chi connectivity index (χ2n) is 8.66. The van der Waals surface area contributed by atoms with Crippen LogP contribution in [0.3, 0.4) is 0 Å². The molecule has 186 valence electrons. The van der Waals surface area contributed by atoms with E-state index in [2.05, 4.69) is 0 Å². The summed E-state index contributed by atoms with van der Waals surface area (Å²) in [7, 11) is 0. The lowest BCUT2D eigenvalue weighted by Crippen LogP contribution is -2.43. The average Bonchev–Trinajstić information content (AvgIpc) is 3.33. The van der Waals surface area contributed by atoms with E-state index >= 15 is 0 Å². The van der Waals surface area contributed by atoms with Gasteiger partial charge in [-0.3, -0.25) is 24.6 Å². The molecule has 0 saturated heterocycles. The molecule has 1 aromatic heterocycles. The summed E-state index contributed by atoms with van der Waals surface area (Å²) >= 11 is 0. The van der Waals surface area contributed by atoms with Crippen LogP contribution in [0.25, 0.3) is 23.0 Å². The van der Waals surface area contributed by atoms with Crippen LogP contribution in [0.5, 0.6) is 0 Å². The van der Waals surface area contributed by atoms with E-state index in [1.807, 2.05) is 43.3 Å². The lowest BCUT2D eigenvalue weighted by atomic mass is 9.93. The van der Waals surface area contributed by atoms with Gasteiger partial charge in [-0.05, 0) is 37.1 Å². The highest BCUT2D eigenvalue weighted by Gasteiger charge is 2.35. The maximum absolute atomic E-state index is 13.4. The summed E-state index contributed by atoms with van der Waals surface area (Å²) in [6, 6.07) is 17.3. The monoisotopic (exact) mass is 495 g/mol. The fourth-order valence-corrected chi connectivity index (χ4v) is 4.18. The van der Waals surface area contributed by atoms with Crippen LogP contribution in [0.4, 0.5) is 5.69 Å². The molecule has 2 aromatic carbocycles. The van der Waals surface area contributed by atoms with Crippen molar-refractivity contribution >= 4 is 23.6 Å². The van der Waals surface area contributed by atoms with Gasteiger partial charge in [0.25, 0.3) is 17.5 Å². The van der Waals surface area contributed by atoms with Gasteiger partial charge in [0.1, 0.15) is 11.6 Å². The topological polar surface area (TPSA) is 122 Å². The van der Waals surface area contributed by atoms with Crippen LogP contribution in [0.1, 0.15) is 38.7 Å². The van der Waals surface area contributed by atoms with Crippen molar-refractivity contribution in [3.05, 3.63) is 93.2 Å². The minimum Gasteiger partial charge on any atom is -0.274 e. The highest BCUT2D eigenvalue weighted by Crippen LogP contribution is 2.31. The lowest BCUT2D eigenvalue weighted by Gasteiger charge is -2.27. The number of rotatable bonds is 8. The zero-order chi connectivity index (χ0) is 26.5. The van der Waals surface area contributed by atoms with Crippen LogP contribution in [0, 0.1) is 21.4 Å². The van der Waals surface area contributed by atoms with Gasteiger partial charge in [-0.1, -0.05) is 50.1 Å². The van der Waals surface area contributed by atoms with Crippen molar-refractivity contribution in [2.45, 2.75) is 33.1 Å². The molecule has 4 rings (SSSR count). The first-order chi connectivity index (χ1) is 17.8. The third kappa shape index (κ3) is 5.09. The van der Waals surface area contributed by atoms with Gasteiger partial charge in [0, 0.05) is 41.6 Å². The van der Waals surface area contributed by atoms with E-state index < -0.39 is 16.7 Å². The van der Waals surface area contributed by atoms with Gasteiger partial charge < -0.3 is 0 Å². The molecule has 0 fully saturated rings. The summed E-state index contributed by atoms with van der Waals surface area (Å²) in [5.74, 6) is -1.01. The summed E-state index contributed by atoms with van der Waals surface area (Å²) in [5.41, 5.74) is 3.09. The van der Waals surface area contributed by atoms with Gasteiger partial charge in [0.2, 0.25) is 0 Å². The molecule has 0 bridgehead atoms. The van der Waals surface area contributed by atoms with Crippen LogP contribution in [0.15, 0.2) is 77.5 Å². The van der Waals surface area contributed by atoms with Crippen molar-refractivity contribution in [1.82, 2.24) is 14.7 Å². The van der Waals surface area contributed by atoms with Crippen LogP contribution >= 0.6 is 0 Å². The van der Waals surface area contributed by atoms with E-state index in [9.17, 15) is 25.0 Å². The Kier molecular flexibility index (Phi) is 7.39. The lowest BCUT2D eigenvalue weighted by molar-refractivity contribution is -0.384. The Hall–Kier alpha value is -4.84. The molecule has 37 heavy (non-hydrogen) atoms. The number of benzene rings is 2. The van der Waals surface area contributed by atoms with Crippen molar-refractivity contribution in [2.24, 2.45) is 0 Å². The van der Waals surface area contributed by atoms with E-state index in [-0.39, 0.29) is 23.4 Å². The Morgan fingerprint density at radius 3 is 2.38 bits per heavy atom. The molecule has 3 aromatic rings. The Labute approximate surface area is 214 Å². The Morgan fingerprint density at radius 1 is 1.05 bits per heavy atom. The number of non-ortho nitro benzene ring substituents is 1. The van der Waals surface area contributed by atoms with Crippen molar-refractivity contribution in [2.75, 3.05) is 6.54 Å². The number of nitrogens with zero attached hydrogens (tertiary/aromatic N) is 5. The van der Waals surface area contributed by atoms with Crippen molar-refractivity contribution in [3.63, 3.8) is 0 Å². The minimum atomic E-state index is -0.567. The van der Waals surface area contributed by atoms with Gasteiger partial charge in [0.15, 0.2) is 0 Å². The van der Waals surface area contributed by atoms with Gasteiger partial charge >= 0.3 is 0 Å². The van der Waals surface area contributed by atoms with E-state index in [4.69, 9.17) is 5.10 Å². The number of unbranched alkanes of at least 4 members (excludes halogenated alkanes) is 2. The molecular weight excluding hydrogens is 470 g/mol. The number of carbonyl (C=O) groups is 2. The largest absolute Gasteiger partial charge is 0.274 e. The molecule has 2 heterocycles. The predicted octanol–water partition coefficient (Wildman–Crippen LogP) is 5.23. The minimum absolute atomic E-state index is 0.0352. The SMILES string of the molecule is CCCCCN1C(=O)C(C#N)=C(C)/C(=C\c2cn(-c3ccc([N+](=O)[O-])cc3)nc2-c2ccccc2)C1=O. The average molecular weight is 496 g/mol. The second-order valence-corrected chi connectivity index (χ2v) is 8.66. The zero-order valence-corrected chi connectivity index (χ0v) is 20.5. The number of nitro benzene ring substituents is 1.